The molecule has 0 aliphatic rings. The van der Waals surface area contributed by atoms with Gasteiger partial charge in [0, 0.05) is 5.02 Å². The largest absolute Gasteiger partial charge is 0.323 e. The van der Waals surface area contributed by atoms with E-state index in [4.69, 9.17) is 28.9 Å². The van der Waals surface area contributed by atoms with Crippen LogP contribution in [0.2, 0.25) is 10.0 Å². The Labute approximate surface area is 98.5 Å². The molecule has 0 aliphatic carbocycles. The molecular formula is C10H12Cl2N2O. The maximum Gasteiger partial charge on any atom is 0.241 e. The lowest BCUT2D eigenvalue weighted by Gasteiger charge is -2.10. The van der Waals surface area contributed by atoms with Gasteiger partial charge in [-0.05, 0) is 31.5 Å². The zero-order valence-electron chi connectivity index (χ0n) is 8.47. The highest BCUT2D eigenvalue weighted by Gasteiger charge is 2.11. The molecule has 0 saturated carbocycles. The molecule has 3 nitrogen and oxygen atoms in total. The van der Waals surface area contributed by atoms with Gasteiger partial charge >= 0.3 is 0 Å². The highest BCUT2D eigenvalue weighted by atomic mass is 35.5. The van der Waals surface area contributed by atoms with Crippen molar-refractivity contribution in [1.82, 2.24) is 0 Å². The molecule has 1 aromatic carbocycles. The monoisotopic (exact) mass is 246 g/mol. The van der Waals surface area contributed by atoms with Crippen molar-refractivity contribution >= 4 is 34.8 Å². The molecule has 1 amide bonds. The second kappa shape index (κ2) is 4.84. The number of halogens is 2. The van der Waals surface area contributed by atoms with Gasteiger partial charge in [0.15, 0.2) is 0 Å². The molecular weight excluding hydrogens is 235 g/mol. The number of nitrogens with two attached hydrogens (primary N) is 1. The van der Waals surface area contributed by atoms with Crippen LogP contribution in [0.3, 0.4) is 0 Å². The van der Waals surface area contributed by atoms with Crippen molar-refractivity contribution in [3.8, 4) is 0 Å². The lowest BCUT2D eigenvalue weighted by Crippen LogP contribution is -2.32. The zero-order valence-corrected chi connectivity index (χ0v) is 9.99. The number of carbonyl (C=O) groups excluding carboxylic acids is 1. The van der Waals surface area contributed by atoms with E-state index in [1.54, 1.807) is 19.1 Å². The van der Waals surface area contributed by atoms with Crippen molar-refractivity contribution in [3.63, 3.8) is 0 Å². The zero-order chi connectivity index (χ0) is 11.6. The summed E-state index contributed by atoms with van der Waals surface area (Å²) in [4.78, 5) is 11.3. The lowest BCUT2D eigenvalue weighted by molar-refractivity contribution is -0.117. The second-order valence-corrected chi connectivity index (χ2v) is 4.17. The number of anilines is 1. The summed E-state index contributed by atoms with van der Waals surface area (Å²) in [5.74, 6) is -0.295. The van der Waals surface area contributed by atoms with Crippen LogP contribution in [0.1, 0.15) is 12.5 Å². The van der Waals surface area contributed by atoms with Crippen molar-refractivity contribution < 1.29 is 4.79 Å². The number of carbonyl (C=O) groups is 1. The fourth-order valence-corrected chi connectivity index (χ4v) is 1.42. The molecule has 0 saturated heterocycles. The molecule has 1 unspecified atom stereocenters. The van der Waals surface area contributed by atoms with Crippen molar-refractivity contribution in [3.05, 3.63) is 27.7 Å². The second-order valence-electron chi connectivity index (χ2n) is 3.36. The quantitative estimate of drug-likeness (QED) is 0.843. The Hall–Kier alpha value is -0.770. The van der Waals surface area contributed by atoms with Gasteiger partial charge in [0.2, 0.25) is 5.91 Å². The summed E-state index contributed by atoms with van der Waals surface area (Å²) >= 11 is 11.8. The minimum Gasteiger partial charge on any atom is -0.323 e. The normalized spacial score (nSPS) is 12.3. The predicted octanol–water partition coefficient (Wildman–Crippen LogP) is 2.59. The van der Waals surface area contributed by atoms with E-state index >= 15 is 0 Å². The van der Waals surface area contributed by atoms with Gasteiger partial charge in [-0.3, -0.25) is 4.79 Å². The van der Waals surface area contributed by atoms with Crippen LogP contribution in [0.4, 0.5) is 5.69 Å². The third-order valence-corrected chi connectivity index (χ3v) is 2.64. The number of aryl methyl sites for hydroxylation is 1. The summed E-state index contributed by atoms with van der Waals surface area (Å²) in [6, 6.07) is 2.72. The summed E-state index contributed by atoms with van der Waals surface area (Å²) < 4.78 is 0. The first-order valence-corrected chi connectivity index (χ1v) is 5.19. The summed E-state index contributed by atoms with van der Waals surface area (Å²) in [5, 5.41) is 3.60. The summed E-state index contributed by atoms with van der Waals surface area (Å²) in [5.41, 5.74) is 6.76. The fourth-order valence-electron chi connectivity index (χ4n) is 0.989. The average molecular weight is 247 g/mol. The van der Waals surface area contributed by atoms with Crippen molar-refractivity contribution in [2.45, 2.75) is 19.9 Å². The van der Waals surface area contributed by atoms with Crippen LogP contribution in [-0.4, -0.2) is 11.9 Å². The Morgan fingerprint density at radius 3 is 2.53 bits per heavy atom. The molecule has 0 spiro atoms. The fraction of sp³-hybridized carbons (Fsp3) is 0.300. The van der Waals surface area contributed by atoms with Crippen molar-refractivity contribution in [2.75, 3.05) is 5.32 Å². The van der Waals surface area contributed by atoms with Gasteiger partial charge in [-0.15, -0.1) is 0 Å². The highest BCUT2D eigenvalue weighted by Crippen LogP contribution is 2.28. The summed E-state index contributed by atoms with van der Waals surface area (Å²) in [6.07, 6.45) is 0. The third kappa shape index (κ3) is 3.09. The Morgan fingerprint density at radius 1 is 1.40 bits per heavy atom. The van der Waals surface area contributed by atoms with E-state index in [0.29, 0.717) is 15.7 Å². The Kier molecular flexibility index (Phi) is 3.97. The maximum absolute atomic E-state index is 11.3. The molecule has 0 aliphatic heterocycles. The van der Waals surface area contributed by atoms with E-state index in [9.17, 15) is 4.79 Å². The van der Waals surface area contributed by atoms with Gasteiger partial charge in [0.1, 0.15) is 0 Å². The van der Waals surface area contributed by atoms with Gasteiger partial charge in [-0.1, -0.05) is 23.2 Å². The van der Waals surface area contributed by atoms with E-state index in [-0.39, 0.29) is 5.91 Å². The summed E-state index contributed by atoms with van der Waals surface area (Å²) in [7, 11) is 0. The highest BCUT2D eigenvalue weighted by molar-refractivity contribution is 6.36. The Bertz CT molecular complexity index is 391. The van der Waals surface area contributed by atoms with Gasteiger partial charge in [0.05, 0.1) is 16.8 Å². The van der Waals surface area contributed by atoms with Gasteiger partial charge < -0.3 is 11.1 Å². The van der Waals surface area contributed by atoms with Crippen LogP contribution in [-0.2, 0) is 4.79 Å². The van der Waals surface area contributed by atoms with E-state index in [0.717, 1.165) is 5.56 Å². The third-order valence-electron chi connectivity index (χ3n) is 1.92. The lowest BCUT2D eigenvalue weighted by atomic mass is 10.2. The standard InChI is InChI=1S/C10H12Cl2N2O/c1-5-3-8(12)9(4-7(5)11)14-10(15)6(2)13/h3-4,6H,13H2,1-2H3,(H,14,15). The Morgan fingerprint density at radius 2 is 2.00 bits per heavy atom. The van der Waals surface area contributed by atoms with Gasteiger partial charge in [-0.2, -0.15) is 0 Å². The Balaban J connectivity index is 2.96. The number of nitrogens with one attached hydrogen (secondary N) is 1. The molecule has 5 heteroatoms. The van der Waals surface area contributed by atoms with E-state index < -0.39 is 6.04 Å². The van der Waals surface area contributed by atoms with Crippen LogP contribution in [0, 0.1) is 6.92 Å². The molecule has 0 fully saturated rings. The minimum absolute atomic E-state index is 0.295. The predicted molar refractivity (Wildman–Crippen MR) is 63.5 cm³/mol. The van der Waals surface area contributed by atoms with Crippen LogP contribution in [0.15, 0.2) is 12.1 Å². The van der Waals surface area contributed by atoms with Crippen LogP contribution in [0.5, 0.6) is 0 Å². The first kappa shape index (κ1) is 12.3. The molecule has 0 heterocycles. The first-order valence-electron chi connectivity index (χ1n) is 4.44. The number of benzene rings is 1. The van der Waals surface area contributed by atoms with Gasteiger partial charge in [-0.25, -0.2) is 0 Å². The molecule has 0 radical (unpaired) electrons. The molecule has 82 valence electrons. The molecule has 1 atom stereocenters. The van der Waals surface area contributed by atoms with Crippen LogP contribution in [0.25, 0.3) is 0 Å². The van der Waals surface area contributed by atoms with Crippen LogP contribution >= 0.6 is 23.2 Å². The molecule has 15 heavy (non-hydrogen) atoms. The number of rotatable bonds is 2. The molecule has 1 aromatic rings. The number of hydrogen-bond donors (Lipinski definition) is 2. The number of amides is 1. The summed E-state index contributed by atoms with van der Waals surface area (Å²) in [6.45, 7) is 3.43. The van der Waals surface area contributed by atoms with Crippen molar-refractivity contribution in [1.29, 1.82) is 0 Å². The average Bonchev–Trinajstić information content (AvgIpc) is 2.13. The SMILES string of the molecule is Cc1cc(Cl)c(NC(=O)C(C)N)cc1Cl. The molecule has 0 bridgehead atoms. The van der Waals surface area contributed by atoms with Crippen LogP contribution < -0.4 is 11.1 Å². The van der Waals surface area contributed by atoms with E-state index in [1.165, 1.54) is 0 Å². The smallest absolute Gasteiger partial charge is 0.241 e. The van der Waals surface area contributed by atoms with E-state index in [2.05, 4.69) is 5.32 Å². The molecule has 0 aromatic heterocycles. The van der Waals surface area contributed by atoms with Gasteiger partial charge in [0.25, 0.3) is 0 Å². The topological polar surface area (TPSA) is 55.1 Å². The first-order chi connectivity index (χ1) is 6.91. The number of hydrogen-bond acceptors (Lipinski definition) is 2. The minimum atomic E-state index is -0.582. The van der Waals surface area contributed by atoms with E-state index in [1.807, 2.05) is 6.92 Å². The van der Waals surface area contributed by atoms with Crippen molar-refractivity contribution in [2.24, 2.45) is 5.73 Å². The molecule has 1 rings (SSSR count). The molecule has 3 N–H and O–H groups in total. The maximum atomic E-state index is 11.3.